The van der Waals surface area contributed by atoms with E-state index in [1.54, 1.807) is 13.8 Å². The predicted molar refractivity (Wildman–Crippen MR) is 57.1 cm³/mol. The van der Waals surface area contributed by atoms with Crippen LogP contribution < -0.4 is 0 Å². The second-order valence-electron chi connectivity index (χ2n) is 3.23. The molecule has 0 aromatic carbocycles. The van der Waals surface area contributed by atoms with Gasteiger partial charge in [0.05, 0.1) is 19.8 Å². The predicted octanol–water partition coefficient (Wildman–Crippen LogP) is -0.168. The lowest BCUT2D eigenvalue weighted by molar-refractivity contribution is -0.0950. The fourth-order valence-corrected chi connectivity index (χ4v) is 1.18. The zero-order valence-electron chi connectivity index (χ0n) is 9.56. The summed E-state index contributed by atoms with van der Waals surface area (Å²) in [5, 5.41) is 18.6. The van der Waals surface area contributed by atoms with Crippen LogP contribution in [-0.2, 0) is 9.47 Å². The Morgan fingerprint density at radius 2 is 1.60 bits per heavy atom. The van der Waals surface area contributed by atoms with E-state index in [4.69, 9.17) is 9.47 Å². The number of aliphatic hydroxyl groups excluding tert-OH is 2. The van der Waals surface area contributed by atoms with E-state index in [9.17, 15) is 10.2 Å². The summed E-state index contributed by atoms with van der Waals surface area (Å²) in [4.78, 5) is 1.53. The largest absolute Gasteiger partial charge is 0.379 e. The maximum Gasteiger partial charge on any atom is 0.106 e. The second-order valence-corrected chi connectivity index (χ2v) is 3.23. The van der Waals surface area contributed by atoms with E-state index >= 15 is 0 Å². The van der Waals surface area contributed by atoms with Crippen LogP contribution in [0.3, 0.4) is 0 Å². The molecule has 0 saturated heterocycles. The molecule has 0 rings (SSSR count). The van der Waals surface area contributed by atoms with Crippen LogP contribution in [0.25, 0.3) is 0 Å². The minimum Gasteiger partial charge on any atom is -0.379 e. The van der Waals surface area contributed by atoms with Crippen LogP contribution in [-0.4, -0.2) is 60.5 Å². The molecular formula is C10H22NO4. The van der Waals surface area contributed by atoms with Crippen molar-refractivity contribution in [3.05, 3.63) is 6.92 Å². The maximum absolute atomic E-state index is 9.30. The highest BCUT2D eigenvalue weighted by atomic mass is 16.5. The molecule has 0 aromatic heterocycles. The molecule has 0 saturated carbocycles. The first-order valence-corrected chi connectivity index (χ1v) is 5.16. The Morgan fingerprint density at radius 1 is 1.07 bits per heavy atom. The van der Waals surface area contributed by atoms with Gasteiger partial charge in [0.15, 0.2) is 0 Å². The molecule has 0 fully saturated rings. The van der Waals surface area contributed by atoms with Gasteiger partial charge in [-0.1, -0.05) is 0 Å². The highest BCUT2D eigenvalue weighted by Gasteiger charge is 2.15. The third-order valence-electron chi connectivity index (χ3n) is 1.97. The van der Waals surface area contributed by atoms with Gasteiger partial charge in [0.1, 0.15) is 12.5 Å². The lowest BCUT2D eigenvalue weighted by Crippen LogP contribution is -2.42. The van der Waals surface area contributed by atoms with Crippen molar-refractivity contribution in [2.45, 2.75) is 26.3 Å². The first-order valence-electron chi connectivity index (χ1n) is 5.16. The molecule has 0 aliphatic carbocycles. The fraction of sp³-hybridized carbons (Fsp3) is 0.900. The molecule has 0 bridgehead atoms. The van der Waals surface area contributed by atoms with E-state index in [0.717, 1.165) is 0 Å². The SMILES string of the molecule is [CH2]COCCOCCN(C(C)O)C(C)O. The molecule has 0 aliphatic heterocycles. The molecule has 91 valence electrons. The molecule has 1 radical (unpaired) electrons. The van der Waals surface area contributed by atoms with Gasteiger partial charge in [0.25, 0.3) is 0 Å². The van der Waals surface area contributed by atoms with Crippen LogP contribution in [0.15, 0.2) is 0 Å². The fourth-order valence-electron chi connectivity index (χ4n) is 1.18. The molecule has 0 heterocycles. The Bertz CT molecular complexity index is 133. The maximum atomic E-state index is 9.30. The standard InChI is InChI=1S/C10H22NO4/c1-4-14-7-8-15-6-5-11(9(2)12)10(3)13/h9-10,12-13H,1,4-8H2,2-3H3. The summed E-state index contributed by atoms with van der Waals surface area (Å²) in [7, 11) is 0. The van der Waals surface area contributed by atoms with E-state index in [1.807, 2.05) is 0 Å². The van der Waals surface area contributed by atoms with E-state index < -0.39 is 12.5 Å². The van der Waals surface area contributed by atoms with Gasteiger partial charge in [0.2, 0.25) is 0 Å². The first kappa shape index (κ1) is 14.8. The average Bonchev–Trinajstić information content (AvgIpc) is 2.15. The third-order valence-corrected chi connectivity index (χ3v) is 1.97. The summed E-state index contributed by atoms with van der Waals surface area (Å²) in [5.41, 5.74) is 0. The summed E-state index contributed by atoms with van der Waals surface area (Å²) in [6.07, 6.45) is -1.35. The zero-order valence-corrected chi connectivity index (χ0v) is 9.56. The molecule has 15 heavy (non-hydrogen) atoms. The van der Waals surface area contributed by atoms with E-state index in [0.29, 0.717) is 33.0 Å². The lowest BCUT2D eigenvalue weighted by atomic mass is 10.4. The second kappa shape index (κ2) is 9.06. The molecule has 5 heteroatoms. The minimum atomic E-state index is -0.676. The Morgan fingerprint density at radius 3 is 2.07 bits per heavy atom. The van der Waals surface area contributed by atoms with Crippen molar-refractivity contribution < 1.29 is 19.7 Å². The molecular weight excluding hydrogens is 198 g/mol. The number of hydrogen-bond donors (Lipinski definition) is 2. The Kier molecular flexibility index (Phi) is 8.94. The minimum absolute atomic E-state index is 0.441. The normalized spacial score (nSPS) is 15.6. The lowest BCUT2D eigenvalue weighted by Gasteiger charge is -2.27. The quantitative estimate of drug-likeness (QED) is 0.417. The number of aliphatic hydroxyl groups is 2. The highest BCUT2D eigenvalue weighted by Crippen LogP contribution is 2.00. The van der Waals surface area contributed by atoms with Gasteiger partial charge in [-0.3, -0.25) is 4.90 Å². The summed E-state index contributed by atoms with van der Waals surface area (Å²) in [5.74, 6) is 0. The van der Waals surface area contributed by atoms with Crippen LogP contribution in [0.5, 0.6) is 0 Å². The molecule has 0 aliphatic rings. The van der Waals surface area contributed by atoms with E-state index in [-0.39, 0.29) is 0 Å². The van der Waals surface area contributed by atoms with Crippen molar-refractivity contribution in [2.24, 2.45) is 0 Å². The summed E-state index contributed by atoms with van der Waals surface area (Å²) < 4.78 is 10.2. The molecule has 2 unspecified atom stereocenters. The summed E-state index contributed by atoms with van der Waals surface area (Å²) >= 11 is 0. The monoisotopic (exact) mass is 220 g/mol. The molecule has 0 spiro atoms. The smallest absolute Gasteiger partial charge is 0.106 e. The molecule has 0 amide bonds. The van der Waals surface area contributed by atoms with E-state index in [2.05, 4.69) is 6.92 Å². The van der Waals surface area contributed by atoms with Crippen LogP contribution in [0.2, 0.25) is 0 Å². The van der Waals surface area contributed by atoms with Crippen molar-refractivity contribution in [3.63, 3.8) is 0 Å². The van der Waals surface area contributed by atoms with Gasteiger partial charge in [0, 0.05) is 13.2 Å². The van der Waals surface area contributed by atoms with Crippen molar-refractivity contribution in [3.8, 4) is 0 Å². The topological polar surface area (TPSA) is 62.2 Å². The van der Waals surface area contributed by atoms with Gasteiger partial charge in [-0.15, -0.1) is 0 Å². The van der Waals surface area contributed by atoms with Crippen molar-refractivity contribution >= 4 is 0 Å². The number of ether oxygens (including phenoxy) is 2. The third kappa shape index (κ3) is 7.70. The molecule has 0 aromatic rings. The molecule has 2 atom stereocenters. The van der Waals surface area contributed by atoms with Crippen LogP contribution in [0.1, 0.15) is 13.8 Å². The van der Waals surface area contributed by atoms with Gasteiger partial charge in [-0.2, -0.15) is 0 Å². The van der Waals surface area contributed by atoms with Crippen molar-refractivity contribution in [2.75, 3.05) is 33.0 Å². The Hall–Kier alpha value is -0.200. The average molecular weight is 220 g/mol. The highest BCUT2D eigenvalue weighted by molar-refractivity contribution is 4.58. The van der Waals surface area contributed by atoms with Gasteiger partial charge in [-0.25, -0.2) is 0 Å². The number of nitrogens with zero attached hydrogens (tertiary/aromatic N) is 1. The Balaban J connectivity index is 3.46. The van der Waals surface area contributed by atoms with Gasteiger partial charge in [-0.05, 0) is 20.8 Å². The number of rotatable bonds is 9. The number of hydrogen-bond acceptors (Lipinski definition) is 5. The van der Waals surface area contributed by atoms with Crippen LogP contribution >= 0.6 is 0 Å². The summed E-state index contributed by atoms with van der Waals surface area (Å²) in [6, 6.07) is 0. The zero-order chi connectivity index (χ0) is 11.7. The summed E-state index contributed by atoms with van der Waals surface area (Å²) in [6.45, 7) is 9.15. The van der Waals surface area contributed by atoms with Gasteiger partial charge >= 0.3 is 0 Å². The van der Waals surface area contributed by atoms with Crippen molar-refractivity contribution in [1.82, 2.24) is 4.90 Å². The van der Waals surface area contributed by atoms with Gasteiger partial charge < -0.3 is 19.7 Å². The first-order chi connectivity index (χ1) is 7.09. The van der Waals surface area contributed by atoms with E-state index in [1.165, 1.54) is 4.90 Å². The Labute approximate surface area is 91.6 Å². The molecule has 5 nitrogen and oxygen atoms in total. The van der Waals surface area contributed by atoms with Crippen LogP contribution in [0.4, 0.5) is 0 Å². The van der Waals surface area contributed by atoms with Crippen molar-refractivity contribution in [1.29, 1.82) is 0 Å². The van der Waals surface area contributed by atoms with Crippen LogP contribution in [0, 0.1) is 6.92 Å². The molecule has 2 N–H and O–H groups in total.